The lowest BCUT2D eigenvalue weighted by molar-refractivity contribution is -0.140. The average molecular weight is 239 g/mol. The Hall–Kier alpha value is -1.85. The minimum Gasteiger partial charge on any atom is -0.469 e. The summed E-state index contributed by atoms with van der Waals surface area (Å²) >= 11 is 0. The van der Waals surface area contributed by atoms with Crippen LogP contribution in [0.25, 0.3) is 0 Å². The van der Waals surface area contributed by atoms with Gasteiger partial charge in [0.2, 0.25) is 0 Å². The van der Waals surface area contributed by atoms with Gasteiger partial charge in [0.1, 0.15) is 0 Å². The van der Waals surface area contributed by atoms with E-state index in [4.69, 9.17) is 0 Å². The summed E-state index contributed by atoms with van der Waals surface area (Å²) in [5.41, 5.74) is 0.554. The first-order valence-electron chi connectivity index (χ1n) is 5.43. The number of nitrogens with zero attached hydrogens (tertiary/aromatic N) is 3. The Morgan fingerprint density at radius 2 is 2.29 bits per heavy atom. The van der Waals surface area contributed by atoms with E-state index in [-0.39, 0.29) is 24.5 Å². The maximum absolute atomic E-state index is 11.7. The van der Waals surface area contributed by atoms with E-state index in [0.717, 1.165) is 12.2 Å². The van der Waals surface area contributed by atoms with Crippen molar-refractivity contribution < 1.29 is 9.53 Å². The number of carbonyl (C=O) groups excluding carboxylic acids is 1. The van der Waals surface area contributed by atoms with E-state index in [1.807, 2.05) is 18.9 Å². The second-order valence-electron chi connectivity index (χ2n) is 3.62. The molecule has 1 aromatic heterocycles. The maximum atomic E-state index is 11.7. The van der Waals surface area contributed by atoms with Crippen molar-refractivity contribution in [2.45, 2.75) is 19.9 Å². The summed E-state index contributed by atoms with van der Waals surface area (Å²) in [4.78, 5) is 24.5. The molecule has 0 radical (unpaired) electrons. The lowest BCUT2D eigenvalue weighted by Gasteiger charge is -2.16. The van der Waals surface area contributed by atoms with Crippen molar-refractivity contribution in [1.29, 1.82) is 0 Å². The molecule has 0 fully saturated rings. The predicted molar refractivity (Wildman–Crippen MR) is 64.1 cm³/mol. The summed E-state index contributed by atoms with van der Waals surface area (Å²) in [5.74, 6) is -0.353. The Balaban J connectivity index is 2.76. The molecule has 0 aliphatic rings. The normalized spacial score (nSPS) is 10.1. The number of aromatic nitrogens is 2. The molecule has 0 saturated heterocycles. The standard InChI is InChI=1S/C11H17N3O3/c1-4-13(2)9-7-10(15)14(12-8-9)6-5-11(16)17-3/h7-8H,4-6H2,1-3H3. The van der Waals surface area contributed by atoms with Gasteiger partial charge in [0, 0.05) is 19.7 Å². The number of methoxy groups -OCH3 is 1. The molecule has 1 heterocycles. The highest BCUT2D eigenvalue weighted by molar-refractivity contribution is 5.68. The summed E-state index contributed by atoms with van der Waals surface area (Å²) in [6.45, 7) is 3.03. The predicted octanol–water partition coefficient (Wildman–Crippen LogP) is 0.262. The van der Waals surface area contributed by atoms with Crippen LogP contribution >= 0.6 is 0 Å². The van der Waals surface area contributed by atoms with E-state index in [1.54, 1.807) is 6.20 Å². The van der Waals surface area contributed by atoms with Gasteiger partial charge in [0.05, 0.1) is 32.0 Å². The summed E-state index contributed by atoms with van der Waals surface area (Å²) in [6, 6.07) is 1.51. The van der Waals surface area contributed by atoms with Gasteiger partial charge in [-0.25, -0.2) is 4.68 Å². The zero-order valence-corrected chi connectivity index (χ0v) is 10.3. The summed E-state index contributed by atoms with van der Waals surface area (Å²) in [7, 11) is 3.20. The minimum atomic E-state index is -0.353. The second kappa shape index (κ2) is 6.03. The number of hydrogen-bond acceptors (Lipinski definition) is 5. The molecule has 6 heteroatoms. The third-order valence-electron chi connectivity index (χ3n) is 2.53. The van der Waals surface area contributed by atoms with E-state index in [9.17, 15) is 9.59 Å². The molecule has 0 aromatic carbocycles. The summed E-state index contributed by atoms with van der Waals surface area (Å²) < 4.78 is 5.75. The SMILES string of the molecule is CCN(C)c1cnn(CCC(=O)OC)c(=O)c1. The third kappa shape index (κ3) is 3.58. The van der Waals surface area contributed by atoms with Crippen LogP contribution in [0.1, 0.15) is 13.3 Å². The Bertz CT molecular complexity index is 442. The number of anilines is 1. The van der Waals surface area contributed by atoms with E-state index in [2.05, 4.69) is 9.84 Å². The second-order valence-corrected chi connectivity index (χ2v) is 3.62. The molecule has 94 valence electrons. The molecule has 0 saturated carbocycles. The van der Waals surface area contributed by atoms with Crippen molar-refractivity contribution in [1.82, 2.24) is 9.78 Å². The topological polar surface area (TPSA) is 64.4 Å². The first kappa shape index (κ1) is 13.2. The van der Waals surface area contributed by atoms with Crippen molar-refractivity contribution in [3.05, 3.63) is 22.6 Å². The number of ether oxygens (including phenoxy) is 1. The summed E-state index contributed by atoms with van der Waals surface area (Å²) in [5, 5.41) is 4.01. The monoisotopic (exact) mass is 239 g/mol. The van der Waals surface area contributed by atoms with E-state index in [1.165, 1.54) is 17.9 Å². The van der Waals surface area contributed by atoms with Gasteiger partial charge < -0.3 is 9.64 Å². The highest BCUT2D eigenvalue weighted by atomic mass is 16.5. The number of esters is 1. The largest absolute Gasteiger partial charge is 0.469 e. The van der Waals surface area contributed by atoms with Gasteiger partial charge in [0.25, 0.3) is 5.56 Å². The van der Waals surface area contributed by atoms with E-state index >= 15 is 0 Å². The number of carbonyl (C=O) groups is 1. The molecule has 0 aliphatic heterocycles. The number of hydrogen-bond donors (Lipinski definition) is 0. The Labute approximate surface area is 99.8 Å². The maximum Gasteiger partial charge on any atom is 0.307 e. The van der Waals surface area contributed by atoms with Gasteiger partial charge in [0.15, 0.2) is 0 Å². The van der Waals surface area contributed by atoms with Crippen molar-refractivity contribution >= 4 is 11.7 Å². The van der Waals surface area contributed by atoms with Crippen LogP contribution in [0.2, 0.25) is 0 Å². The smallest absolute Gasteiger partial charge is 0.307 e. The van der Waals surface area contributed by atoms with Gasteiger partial charge in [-0.2, -0.15) is 5.10 Å². The van der Waals surface area contributed by atoms with Gasteiger partial charge >= 0.3 is 5.97 Å². The van der Waals surface area contributed by atoms with Crippen LogP contribution < -0.4 is 10.5 Å². The number of aryl methyl sites for hydroxylation is 1. The molecule has 0 aliphatic carbocycles. The van der Waals surface area contributed by atoms with Crippen LogP contribution in [0.15, 0.2) is 17.1 Å². The fourth-order valence-corrected chi connectivity index (χ4v) is 1.28. The van der Waals surface area contributed by atoms with Gasteiger partial charge in [-0.05, 0) is 6.92 Å². The van der Waals surface area contributed by atoms with Crippen LogP contribution in [0, 0.1) is 0 Å². The molecule has 1 aromatic rings. The zero-order valence-electron chi connectivity index (χ0n) is 10.3. The van der Waals surface area contributed by atoms with Gasteiger partial charge in [-0.1, -0.05) is 0 Å². The van der Waals surface area contributed by atoms with Crippen LogP contribution in [0.3, 0.4) is 0 Å². The molecule has 1 rings (SSSR count). The van der Waals surface area contributed by atoms with E-state index in [0.29, 0.717) is 0 Å². The van der Waals surface area contributed by atoms with Crippen LogP contribution in [-0.4, -0.2) is 36.5 Å². The summed E-state index contributed by atoms with van der Waals surface area (Å²) in [6.07, 6.45) is 1.76. The Morgan fingerprint density at radius 1 is 1.59 bits per heavy atom. The molecule has 17 heavy (non-hydrogen) atoms. The molecular formula is C11H17N3O3. The quantitative estimate of drug-likeness (QED) is 0.690. The fraction of sp³-hybridized carbons (Fsp3) is 0.545. The fourth-order valence-electron chi connectivity index (χ4n) is 1.28. The molecule has 0 unspecified atom stereocenters. The Kier molecular flexibility index (Phi) is 4.68. The van der Waals surface area contributed by atoms with Crippen LogP contribution in [0.4, 0.5) is 5.69 Å². The third-order valence-corrected chi connectivity index (χ3v) is 2.53. The highest BCUT2D eigenvalue weighted by Gasteiger charge is 2.05. The molecule has 0 bridgehead atoms. The van der Waals surface area contributed by atoms with Gasteiger partial charge in [-0.3, -0.25) is 9.59 Å². The molecule has 0 amide bonds. The zero-order chi connectivity index (χ0) is 12.8. The molecule has 0 N–H and O–H groups in total. The first-order chi connectivity index (χ1) is 8.08. The molecular weight excluding hydrogens is 222 g/mol. The average Bonchev–Trinajstić information content (AvgIpc) is 2.35. The van der Waals surface area contributed by atoms with Crippen molar-refractivity contribution in [2.75, 3.05) is 25.6 Å². The van der Waals surface area contributed by atoms with E-state index < -0.39 is 0 Å². The minimum absolute atomic E-state index is 0.145. The molecule has 0 atom stereocenters. The van der Waals surface area contributed by atoms with Crippen LogP contribution in [0.5, 0.6) is 0 Å². The molecule has 0 spiro atoms. The van der Waals surface area contributed by atoms with Crippen molar-refractivity contribution in [2.24, 2.45) is 0 Å². The lowest BCUT2D eigenvalue weighted by atomic mass is 10.4. The lowest BCUT2D eigenvalue weighted by Crippen LogP contribution is -2.26. The molecule has 6 nitrogen and oxygen atoms in total. The first-order valence-corrected chi connectivity index (χ1v) is 5.43. The van der Waals surface area contributed by atoms with Crippen molar-refractivity contribution in [3.8, 4) is 0 Å². The van der Waals surface area contributed by atoms with Crippen molar-refractivity contribution in [3.63, 3.8) is 0 Å². The van der Waals surface area contributed by atoms with Gasteiger partial charge in [-0.15, -0.1) is 0 Å². The van der Waals surface area contributed by atoms with Crippen LogP contribution in [-0.2, 0) is 16.1 Å². The highest BCUT2D eigenvalue weighted by Crippen LogP contribution is 2.05. The number of rotatable bonds is 5. The Morgan fingerprint density at radius 3 is 2.82 bits per heavy atom.